The molecule has 0 unspecified atom stereocenters. The van der Waals surface area contributed by atoms with E-state index < -0.39 is 0 Å². The van der Waals surface area contributed by atoms with Crippen LogP contribution in [-0.2, 0) is 0 Å². The van der Waals surface area contributed by atoms with Crippen LogP contribution in [0.2, 0.25) is 0 Å². The topological polar surface area (TPSA) is 72.1 Å². The summed E-state index contributed by atoms with van der Waals surface area (Å²) in [6.45, 7) is 2.37. The van der Waals surface area contributed by atoms with E-state index in [1.54, 1.807) is 0 Å². The molecule has 4 heterocycles. The molecule has 2 aliphatic rings. The van der Waals surface area contributed by atoms with Gasteiger partial charge in [0.25, 0.3) is 0 Å². The van der Waals surface area contributed by atoms with Gasteiger partial charge in [0, 0.05) is 17.7 Å². The fourth-order valence-electron chi connectivity index (χ4n) is 3.68. The minimum atomic E-state index is 0.277. The summed E-state index contributed by atoms with van der Waals surface area (Å²) in [7, 11) is 0. The summed E-state index contributed by atoms with van der Waals surface area (Å²) in [5.74, 6) is 3.11. The fraction of sp³-hybridized carbons (Fsp3) is 0.300. The van der Waals surface area contributed by atoms with Crippen LogP contribution < -0.4 is 14.8 Å². The molecule has 0 spiro atoms. The average Bonchev–Trinajstić information content (AvgIpc) is 3.38. The van der Waals surface area contributed by atoms with Gasteiger partial charge in [-0.2, -0.15) is 0 Å². The van der Waals surface area contributed by atoms with E-state index in [1.165, 1.54) is 0 Å². The third kappa shape index (κ3) is 2.72. The zero-order valence-corrected chi connectivity index (χ0v) is 14.4. The number of piperidine rings is 1. The Kier molecular flexibility index (Phi) is 3.83. The predicted octanol–water partition coefficient (Wildman–Crippen LogP) is 3.33. The number of hydrogen-bond acceptors (Lipinski definition) is 5. The van der Waals surface area contributed by atoms with Gasteiger partial charge < -0.3 is 19.8 Å². The molecule has 1 aromatic carbocycles. The highest BCUT2D eigenvalue weighted by atomic mass is 16.7. The third-order valence-electron chi connectivity index (χ3n) is 5.07. The van der Waals surface area contributed by atoms with Crippen molar-refractivity contribution >= 4 is 0 Å². The Morgan fingerprint density at radius 3 is 2.81 bits per heavy atom. The summed E-state index contributed by atoms with van der Waals surface area (Å²) >= 11 is 0. The summed E-state index contributed by atoms with van der Waals surface area (Å²) in [5, 5.41) is 3.40. The number of ether oxygens (including phenoxy) is 2. The number of nitrogens with zero attached hydrogens (tertiary/aromatic N) is 2. The first-order valence-corrected chi connectivity index (χ1v) is 8.99. The SMILES string of the molecule is c1cnc(-c2cnc(C3CCNCC3)[nH]2)c(-c2ccc3c(c2)OCO3)c1. The minimum absolute atomic E-state index is 0.277. The monoisotopic (exact) mass is 348 g/mol. The standard InChI is InChI=1S/C20H20N4O2/c1-2-15(14-3-4-17-18(10-14)26-12-25-17)19(22-7-1)16-11-23-20(24-16)13-5-8-21-9-6-13/h1-4,7,10-11,13,21H,5-6,8-9,12H2,(H,23,24). The van der Waals surface area contributed by atoms with Crippen LogP contribution in [-0.4, -0.2) is 34.8 Å². The number of H-pyrrole nitrogens is 1. The molecule has 1 fully saturated rings. The molecule has 0 amide bonds. The molecule has 2 aliphatic heterocycles. The number of benzene rings is 1. The Labute approximate surface area is 151 Å². The van der Waals surface area contributed by atoms with Gasteiger partial charge in [0.1, 0.15) is 5.82 Å². The zero-order valence-electron chi connectivity index (χ0n) is 14.4. The van der Waals surface area contributed by atoms with E-state index in [1.807, 2.05) is 36.7 Å². The van der Waals surface area contributed by atoms with Crippen molar-refractivity contribution in [2.24, 2.45) is 0 Å². The number of pyridine rings is 1. The van der Waals surface area contributed by atoms with Crippen molar-refractivity contribution in [3.63, 3.8) is 0 Å². The van der Waals surface area contributed by atoms with Crippen LogP contribution >= 0.6 is 0 Å². The van der Waals surface area contributed by atoms with Crippen LogP contribution in [0.4, 0.5) is 0 Å². The number of fused-ring (bicyclic) bond motifs is 1. The molecule has 3 aromatic rings. The van der Waals surface area contributed by atoms with Crippen LogP contribution in [0.15, 0.2) is 42.7 Å². The van der Waals surface area contributed by atoms with E-state index in [0.717, 1.165) is 65.8 Å². The van der Waals surface area contributed by atoms with Crippen molar-refractivity contribution < 1.29 is 9.47 Å². The van der Waals surface area contributed by atoms with E-state index in [2.05, 4.69) is 26.3 Å². The van der Waals surface area contributed by atoms with E-state index in [0.29, 0.717) is 5.92 Å². The number of imidazole rings is 1. The van der Waals surface area contributed by atoms with Crippen LogP contribution in [0.3, 0.4) is 0 Å². The molecule has 132 valence electrons. The molecule has 2 N–H and O–H groups in total. The highest BCUT2D eigenvalue weighted by molar-refractivity contribution is 5.80. The lowest BCUT2D eigenvalue weighted by atomic mass is 9.97. The van der Waals surface area contributed by atoms with E-state index in [-0.39, 0.29) is 6.79 Å². The van der Waals surface area contributed by atoms with Gasteiger partial charge in [-0.15, -0.1) is 0 Å². The second kappa shape index (κ2) is 6.46. The van der Waals surface area contributed by atoms with Gasteiger partial charge in [-0.1, -0.05) is 12.1 Å². The lowest BCUT2D eigenvalue weighted by Crippen LogP contribution is -2.27. The van der Waals surface area contributed by atoms with E-state index >= 15 is 0 Å². The molecule has 0 aliphatic carbocycles. The van der Waals surface area contributed by atoms with Gasteiger partial charge in [-0.05, 0) is 49.7 Å². The average molecular weight is 348 g/mol. The molecular weight excluding hydrogens is 328 g/mol. The summed E-state index contributed by atoms with van der Waals surface area (Å²) < 4.78 is 10.9. The molecule has 5 rings (SSSR count). The smallest absolute Gasteiger partial charge is 0.231 e. The lowest BCUT2D eigenvalue weighted by molar-refractivity contribution is 0.174. The summed E-state index contributed by atoms with van der Waals surface area (Å²) in [6.07, 6.45) is 5.95. The number of nitrogens with one attached hydrogen (secondary N) is 2. The van der Waals surface area contributed by atoms with Crippen molar-refractivity contribution in [3.05, 3.63) is 48.5 Å². The molecular formula is C20H20N4O2. The molecule has 0 bridgehead atoms. The van der Waals surface area contributed by atoms with Crippen molar-refractivity contribution in [2.45, 2.75) is 18.8 Å². The van der Waals surface area contributed by atoms with Crippen molar-refractivity contribution in [1.29, 1.82) is 0 Å². The first-order chi connectivity index (χ1) is 12.9. The number of rotatable bonds is 3. The molecule has 2 aromatic heterocycles. The van der Waals surface area contributed by atoms with E-state index in [9.17, 15) is 0 Å². The minimum Gasteiger partial charge on any atom is -0.454 e. The second-order valence-electron chi connectivity index (χ2n) is 6.67. The lowest BCUT2D eigenvalue weighted by Gasteiger charge is -2.20. The van der Waals surface area contributed by atoms with Crippen LogP contribution in [0, 0.1) is 0 Å². The van der Waals surface area contributed by atoms with Crippen LogP contribution in [0.1, 0.15) is 24.6 Å². The molecule has 0 saturated carbocycles. The number of hydrogen-bond donors (Lipinski definition) is 2. The number of aromatic nitrogens is 3. The predicted molar refractivity (Wildman–Crippen MR) is 98.2 cm³/mol. The highest BCUT2D eigenvalue weighted by Crippen LogP contribution is 2.38. The van der Waals surface area contributed by atoms with Crippen molar-refractivity contribution in [1.82, 2.24) is 20.3 Å². The Morgan fingerprint density at radius 2 is 1.88 bits per heavy atom. The highest BCUT2D eigenvalue weighted by Gasteiger charge is 2.20. The maximum atomic E-state index is 5.52. The van der Waals surface area contributed by atoms with Crippen LogP contribution in [0.25, 0.3) is 22.5 Å². The summed E-state index contributed by atoms with van der Waals surface area (Å²) in [6, 6.07) is 10.0. The first-order valence-electron chi connectivity index (χ1n) is 8.99. The molecule has 26 heavy (non-hydrogen) atoms. The Hall–Kier alpha value is -2.86. The van der Waals surface area contributed by atoms with Crippen LogP contribution in [0.5, 0.6) is 11.5 Å². The summed E-state index contributed by atoms with van der Waals surface area (Å²) in [5.41, 5.74) is 3.95. The van der Waals surface area contributed by atoms with Gasteiger partial charge in [0.15, 0.2) is 11.5 Å². The first kappa shape index (κ1) is 15.4. The van der Waals surface area contributed by atoms with Crippen molar-refractivity contribution in [2.75, 3.05) is 19.9 Å². The zero-order chi connectivity index (χ0) is 17.3. The van der Waals surface area contributed by atoms with Gasteiger partial charge in [-0.25, -0.2) is 4.98 Å². The Balaban J connectivity index is 1.51. The Morgan fingerprint density at radius 1 is 1.00 bits per heavy atom. The molecule has 6 heteroatoms. The van der Waals surface area contributed by atoms with E-state index in [4.69, 9.17) is 9.47 Å². The van der Waals surface area contributed by atoms with Gasteiger partial charge in [0.05, 0.1) is 17.6 Å². The maximum Gasteiger partial charge on any atom is 0.231 e. The molecule has 0 atom stereocenters. The van der Waals surface area contributed by atoms with Crippen molar-refractivity contribution in [3.8, 4) is 34.0 Å². The summed E-state index contributed by atoms with van der Waals surface area (Å²) in [4.78, 5) is 12.8. The quantitative estimate of drug-likeness (QED) is 0.760. The fourth-order valence-corrected chi connectivity index (χ4v) is 3.68. The van der Waals surface area contributed by atoms with Gasteiger partial charge in [0.2, 0.25) is 6.79 Å². The largest absolute Gasteiger partial charge is 0.454 e. The normalized spacial score (nSPS) is 16.8. The van der Waals surface area contributed by atoms with Gasteiger partial charge in [-0.3, -0.25) is 4.98 Å². The second-order valence-corrected chi connectivity index (χ2v) is 6.67. The maximum absolute atomic E-state index is 5.52. The number of aromatic amines is 1. The molecule has 6 nitrogen and oxygen atoms in total. The molecule has 1 saturated heterocycles. The Bertz CT molecular complexity index is 931. The third-order valence-corrected chi connectivity index (χ3v) is 5.07. The molecule has 0 radical (unpaired) electrons. The van der Waals surface area contributed by atoms with Gasteiger partial charge >= 0.3 is 0 Å².